The zero-order valence-electron chi connectivity index (χ0n) is 15.1. The third-order valence-electron chi connectivity index (χ3n) is 4.14. The summed E-state index contributed by atoms with van der Waals surface area (Å²) in [6.45, 7) is 0. The van der Waals surface area contributed by atoms with E-state index in [1.54, 1.807) is 42.5 Å². The van der Waals surface area contributed by atoms with Crippen molar-refractivity contribution in [2.24, 2.45) is 0 Å². The van der Waals surface area contributed by atoms with E-state index in [1.807, 2.05) is 0 Å². The van der Waals surface area contributed by atoms with Crippen molar-refractivity contribution in [3.63, 3.8) is 0 Å². The van der Waals surface area contributed by atoms with Gasteiger partial charge in [0.1, 0.15) is 0 Å². The van der Waals surface area contributed by atoms with Gasteiger partial charge in [-0.2, -0.15) is 0 Å². The molecule has 3 rings (SSSR count). The Bertz CT molecular complexity index is 1150. The van der Waals surface area contributed by atoms with Crippen LogP contribution in [0.3, 0.4) is 0 Å². The van der Waals surface area contributed by atoms with Crippen molar-refractivity contribution in [2.45, 2.75) is 4.90 Å². The van der Waals surface area contributed by atoms with Gasteiger partial charge in [0.25, 0.3) is 15.9 Å². The zero-order chi connectivity index (χ0) is 21.2. The summed E-state index contributed by atoms with van der Waals surface area (Å²) in [5.74, 6) is -0.335. The second kappa shape index (κ2) is 8.75. The number of carbonyl (C=O) groups is 1. The molecule has 1 amide bonds. The number of nitrogens with one attached hydrogen (secondary N) is 1. The maximum Gasteiger partial charge on any atom is 0.264 e. The third kappa shape index (κ3) is 4.93. The molecule has 0 aliphatic carbocycles. The highest BCUT2D eigenvalue weighted by Gasteiger charge is 2.21. The summed E-state index contributed by atoms with van der Waals surface area (Å²) in [5.41, 5.74) is 1.35. The summed E-state index contributed by atoms with van der Waals surface area (Å²) in [4.78, 5) is 12.6. The van der Waals surface area contributed by atoms with E-state index in [1.165, 1.54) is 31.3 Å². The maximum absolute atomic E-state index is 12.8. The molecule has 0 fully saturated rings. The average molecular weight is 514 g/mol. The minimum atomic E-state index is -3.74. The summed E-state index contributed by atoms with van der Waals surface area (Å²) in [7, 11) is -2.30. The predicted octanol–water partition coefficient (Wildman–Crippen LogP) is 5.83. The summed E-state index contributed by atoms with van der Waals surface area (Å²) in [6.07, 6.45) is 0. The SMILES string of the molecule is CN(c1ccc(C(=O)Nc2ccc(Br)c(Cl)c2)cc1)S(=O)(=O)c1ccc(Cl)cc1. The fourth-order valence-electron chi connectivity index (χ4n) is 2.50. The fraction of sp³-hybridized carbons (Fsp3) is 0.0500. The molecule has 0 aliphatic heterocycles. The van der Waals surface area contributed by atoms with Gasteiger partial charge >= 0.3 is 0 Å². The summed E-state index contributed by atoms with van der Waals surface area (Å²) in [5, 5.41) is 3.68. The summed E-state index contributed by atoms with van der Waals surface area (Å²) < 4.78 is 27.4. The highest BCUT2D eigenvalue weighted by atomic mass is 79.9. The quantitative estimate of drug-likeness (QED) is 0.466. The number of amides is 1. The lowest BCUT2D eigenvalue weighted by atomic mass is 10.2. The van der Waals surface area contributed by atoms with E-state index in [-0.39, 0.29) is 10.8 Å². The third-order valence-corrected chi connectivity index (χ3v) is 7.43. The number of benzene rings is 3. The molecule has 0 radical (unpaired) electrons. The number of rotatable bonds is 5. The Kier molecular flexibility index (Phi) is 6.53. The molecule has 5 nitrogen and oxygen atoms in total. The molecule has 0 aliphatic rings. The van der Waals surface area contributed by atoms with Gasteiger partial charge in [-0.1, -0.05) is 23.2 Å². The molecule has 29 heavy (non-hydrogen) atoms. The summed E-state index contributed by atoms with van der Waals surface area (Å²) in [6, 6.07) is 17.2. The molecule has 0 aromatic heterocycles. The Balaban J connectivity index is 1.77. The van der Waals surface area contributed by atoms with E-state index in [9.17, 15) is 13.2 Å². The minimum absolute atomic E-state index is 0.123. The van der Waals surface area contributed by atoms with E-state index in [0.717, 1.165) is 8.78 Å². The number of anilines is 2. The number of hydrogen-bond donors (Lipinski definition) is 1. The first-order valence-corrected chi connectivity index (χ1v) is 11.3. The first-order valence-electron chi connectivity index (χ1n) is 8.29. The number of halogens is 3. The minimum Gasteiger partial charge on any atom is -0.322 e. The van der Waals surface area contributed by atoms with Gasteiger partial charge in [0.05, 0.1) is 15.6 Å². The number of hydrogen-bond acceptors (Lipinski definition) is 3. The Morgan fingerprint density at radius 1 is 0.966 bits per heavy atom. The Morgan fingerprint density at radius 2 is 1.59 bits per heavy atom. The van der Waals surface area contributed by atoms with Gasteiger partial charge in [-0.05, 0) is 82.7 Å². The van der Waals surface area contributed by atoms with Crippen LogP contribution in [0.5, 0.6) is 0 Å². The predicted molar refractivity (Wildman–Crippen MR) is 121 cm³/mol. The Hall–Kier alpha value is -2.06. The lowest BCUT2D eigenvalue weighted by Crippen LogP contribution is -2.26. The Morgan fingerprint density at radius 3 is 2.17 bits per heavy atom. The second-order valence-corrected chi connectivity index (χ2v) is 9.72. The largest absolute Gasteiger partial charge is 0.322 e. The molecule has 9 heteroatoms. The van der Waals surface area contributed by atoms with E-state index in [0.29, 0.717) is 27.0 Å². The molecule has 150 valence electrons. The molecular formula is C20H15BrCl2N2O3S. The van der Waals surface area contributed by atoms with E-state index in [2.05, 4.69) is 21.2 Å². The maximum atomic E-state index is 12.8. The first-order chi connectivity index (χ1) is 13.7. The van der Waals surface area contributed by atoms with Crippen molar-refractivity contribution in [3.8, 4) is 0 Å². The molecule has 3 aromatic rings. The highest BCUT2D eigenvalue weighted by Crippen LogP contribution is 2.26. The summed E-state index contributed by atoms with van der Waals surface area (Å²) >= 11 is 15.1. The van der Waals surface area contributed by atoms with Crippen LogP contribution in [0.4, 0.5) is 11.4 Å². The smallest absolute Gasteiger partial charge is 0.264 e. The molecule has 0 heterocycles. The van der Waals surface area contributed by atoms with Crippen molar-refractivity contribution in [2.75, 3.05) is 16.7 Å². The van der Waals surface area contributed by atoms with E-state index in [4.69, 9.17) is 23.2 Å². The van der Waals surface area contributed by atoms with Crippen molar-refractivity contribution in [3.05, 3.63) is 86.8 Å². The monoisotopic (exact) mass is 512 g/mol. The van der Waals surface area contributed by atoms with E-state index < -0.39 is 10.0 Å². The molecule has 0 atom stereocenters. The van der Waals surface area contributed by atoms with Crippen LogP contribution < -0.4 is 9.62 Å². The standard InChI is InChI=1S/C20H15BrCl2N2O3S/c1-25(29(27,28)17-9-4-14(22)5-10-17)16-7-2-13(3-8-16)20(26)24-15-6-11-18(21)19(23)12-15/h2-12H,1H3,(H,24,26). The van der Waals surface area contributed by atoms with Crippen LogP contribution in [0.1, 0.15) is 10.4 Å². The van der Waals surface area contributed by atoms with Crippen LogP contribution in [0, 0.1) is 0 Å². The van der Waals surface area contributed by atoms with Crippen LogP contribution in [-0.4, -0.2) is 21.4 Å². The molecule has 1 N–H and O–H groups in total. The molecule has 0 spiro atoms. The molecule has 0 unspecified atom stereocenters. The highest BCUT2D eigenvalue weighted by molar-refractivity contribution is 9.10. The molecule has 3 aromatic carbocycles. The van der Waals surface area contributed by atoms with Crippen LogP contribution in [0.25, 0.3) is 0 Å². The van der Waals surface area contributed by atoms with Gasteiger partial charge in [-0.3, -0.25) is 9.10 Å². The molecule has 0 bridgehead atoms. The van der Waals surface area contributed by atoms with Gasteiger partial charge in [0.2, 0.25) is 0 Å². The van der Waals surface area contributed by atoms with Gasteiger partial charge in [-0.25, -0.2) is 8.42 Å². The number of nitrogens with zero attached hydrogens (tertiary/aromatic N) is 1. The average Bonchev–Trinajstić information content (AvgIpc) is 2.70. The number of carbonyl (C=O) groups excluding carboxylic acids is 1. The van der Waals surface area contributed by atoms with Crippen LogP contribution in [-0.2, 0) is 10.0 Å². The van der Waals surface area contributed by atoms with Crippen LogP contribution >= 0.6 is 39.1 Å². The molecule has 0 saturated heterocycles. The van der Waals surface area contributed by atoms with Crippen molar-refractivity contribution < 1.29 is 13.2 Å². The molecular weight excluding hydrogens is 499 g/mol. The van der Waals surface area contributed by atoms with Gasteiger partial charge in [0.15, 0.2) is 0 Å². The van der Waals surface area contributed by atoms with Crippen molar-refractivity contribution in [1.29, 1.82) is 0 Å². The van der Waals surface area contributed by atoms with Crippen molar-refractivity contribution >= 4 is 66.4 Å². The lowest BCUT2D eigenvalue weighted by Gasteiger charge is -2.20. The van der Waals surface area contributed by atoms with E-state index >= 15 is 0 Å². The lowest BCUT2D eigenvalue weighted by molar-refractivity contribution is 0.102. The van der Waals surface area contributed by atoms with Gasteiger partial charge in [-0.15, -0.1) is 0 Å². The molecule has 0 saturated carbocycles. The van der Waals surface area contributed by atoms with Crippen molar-refractivity contribution in [1.82, 2.24) is 0 Å². The van der Waals surface area contributed by atoms with Crippen LogP contribution in [0.2, 0.25) is 10.0 Å². The van der Waals surface area contributed by atoms with Crippen LogP contribution in [0.15, 0.2) is 76.1 Å². The first kappa shape index (κ1) is 21.6. The zero-order valence-corrected chi connectivity index (χ0v) is 19.0. The normalized spacial score (nSPS) is 11.2. The Labute approximate surface area is 187 Å². The number of sulfonamides is 1. The van der Waals surface area contributed by atoms with Gasteiger partial charge in [0, 0.05) is 27.8 Å². The second-order valence-electron chi connectivity index (χ2n) is 6.06. The van der Waals surface area contributed by atoms with Gasteiger partial charge < -0.3 is 5.32 Å². The fourth-order valence-corrected chi connectivity index (χ4v) is 4.25. The topological polar surface area (TPSA) is 66.5 Å².